The van der Waals surface area contributed by atoms with Crippen LogP contribution in [0.3, 0.4) is 0 Å². The molecule has 4 saturated carbocycles. The monoisotopic (exact) mass is 981 g/mol. The summed E-state index contributed by atoms with van der Waals surface area (Å²) >= 11 is 0. The lowest BCUT2D eigenvalue weighted by atomic mass is 9.75. The summed E-state index contributed by atoms with van der Waals surface area (Å²) < 4.78 is 0. The van der Waals surface area contributed by atoms with Crippen molar-refractivity contribution in [1.29, 1.82) is 0 Å². The largest absolute Gasteiger partial charge is 0.508 e. The molecule has 0 unspecified atom stereocenters. The average molecular weight is 981 g/mol. The molecule has 6 aromatic rings. The number of benzene rings is 6. The Balaban J connectivity index is 1.10. The Hall–Kier alpha value is -5.88. The summed E-state index contributed by atoms with van der Waals surface area (Å²) in [7, 11) is 0. The van der Waals surface area contributed by atoms with Crippen LogP contribution in [-0.4, -0.2) is 30.6 Å². The van der Waals surface area contributed by atoms with Gasteiger partial charge in [-0.3, -0.25) is 0 Å². The van der Waals surface area contributed by atoms with Gasteiger partial charge in [0.05, 0.1) is 0 Å². The first-order valence-corrected chi connectivity index (χ1v) is 28.3. The quantitative estimate of drug-likeness (QED) is 0.0680. The number of hydrogen-bond donors (Lipinski definition) is 6. The van der Waals surface area contributed by atoms with Crippen LogP contribution in [0, 0.1) is 27.7 Å². The fourth-order valence-electron chi connectivity index (χ4n) is 14.2. The maximum absolute atomic E-state index is 12.2. The van der Waals surface area contributed by atoms with E-state index >= 15 is 0 Å². The minimum absolute atomic E-state index is 0.201. The maximum Gasteiger partial charge on any atom is 0.119 e. The fourth-order valence-corrected chi connectivity index (χ4v) is 14.2. The van der Waals surface area contributed by atoms with Crippen LogP contribution in [0.5, 0.6) is 34.5 Å². The Morgan fingerprint density at radius 2 is 0.548 bits per heavy atom. The van der Waals surface area contributed by atoms with Crippen LogP contribution in [0.25, 0.3) is 0 Å². The maximum atomic E-state index is 12.2. The van der Waals surface area contributed by atoms with Crippen molar-refractivity contribution in [3.05, 3.63) is 174 Å². The van der Waals surface area contributed by atoms with Gasteiger partial charge in [0.25, 0.3) is 0 Å². The zero-order valence-electron chi connectivity index (χ0n) is 44.1. The van der Waals surface area contributed by atoms with Gasteiger partial charge in [0.1, 0.15) is 34.5 Å². The van der Waals surface area contributed by atoms with Crippen LogP contribution in [0.2, 0.25) is 0 Å². The highest BCUT2D eigenvalue weighted by molar-refractivity contribution is 5.61. The van der Waals surface area contributed by atoms with Gasteiger partial charge < -0.3 is 30.6 Å². The highest BCUT2D eigenvalue weighted by Crippen LogP contribution is 2.50. The molecule has 0 aliphatic heterocycles. The van der Waals surface area contributed by atoms with Crippen LogP contribution >= 0.6 is 0 Å². The van der Waals surface area contributed by atoms with Gasteiger partial charge >= 0.3 is 0 Å². The molecule has 10 rings (SSSR count). The summed E-state index contributed by atoms with van der Waals surface area (Å²) in [5.74, 6) is 2.11. The van der Waals surface area contributed by atoms with Gasteiger partial charge in [-0.25, -0.2) is 0 Å². The van der Waals surface area contributed by atoms with Gasteiger partial charge in [0, 0.05) is 23.0 Å². The summed E-state index contributed by atoms with van der Waals surface area (Å²) in [6.07, 6.45) is 22.9. The van der Waals surface area contributed by atoms with E-state index in [4.69, 9.17) is 0 Å². The molecule has 0 aromatic heterocycles. The van der Waals surface area contributed by atoms with Crippen molar-refractivity contribution in [2.45, 2.75) is 198 Å². The number of hydrogen-bond acceptors (Lipinski definition) is 6. The number of phenolic OH excluding ortho intramolecular Hbond substituents is 6. The Morgan fingerprint density at radius 1 is 0.301 bits per heavy atom. The number of phenols is 6. The van der Waals surface area contributed by atoms with Crippen molar-refractivity contribution in [2.75, 3.05) is 0 Å². The first-order valence-electron chi connectivity index (χ1n) is 28.3. The zero-order chi connectivity index (χ0) is 50.9. The summed E-state index contributed by atoms with van der Waals surface area (Å²) in [4.78, 5) is 0. The SMILES string of the molecule is Cc1cc(O)c(C2CCCCC2)cc1C(c1cc(C2CCCCC2)c(O)cc1C)c1cc(Cc2ccc(O)c(C(c3cc(C4CCCCC4)c(O)cc3C)c3cc(C4CCCCC4)c(O)cc3C)c2)ccc1O. The Kier molecular flexibility index (Phi) is 15.2. The molecule has 6 aromatic carbocycles. The molecule has 0 amide bonds. The van der Waals surface area contributed by atoms with E-state index in [9.17, 15) is 30.6 Å². The predicted molar refractivity (Wildman–Crippen MR) is 296 cm³/mol. The third-order valence-electron chi connectivity index (χ3n) is 18.3. The van der Waals surface area contributed by atoms with E-state index in [1.165, 1.54) is 25.7 Å². The minimum atomic E-state index is -0.378. The minimum Gasteiger partial charge on any atom is -0.508 e. The van der Waals surface area contributed by atoms with Crippen LogP contribution < -0.4 is 0 Å². The second-order valence-corrected chi connectivity index (χ2v) is 23.2. The highest BCUT2D eigenvalue weighted by Gasteiger charge is 2.32. The van der Waals surface area contributed by atoms with E-state index in [1.807, 2.05) is 48.5 Å². The van der Waals surface area contributed by atoms with Gasteiger partial charge in [-0.2, -0.15) is 0 Å². The van der Waals surface area contributed by atoms with E-state index in [-0.39, 0.29) is 47.0 Å². The van der Waals surface area contributed by atoms with E-state index in [1.54, 1.807) is 0 Å². The second kappa shape index (κ2) is 21.9. The Morgan fingerprint density at radius 3 is 0.795 bits per heavy atom. The molecule has 0 saturated heterocycles. The fraction of sp³-hybridized carbons (Fsp3) is 0.463. The molecule has 6 N–H and O–H groups in total. The zero-order valence-corrected chi connectivity index (χ0v) is 44.1. The number of aryl methyl sites for hydroxylation is 4. The third kappa shape index (κ3) is 10.6. The molecule has 4 aliphatic carbocycles. The van der Waals surface area contributed by atoms with E-state index in [2.05, 4.69) is 64.1 Å². The molecule has 0 spiro atoms. The Labute approximate surface area is 435 Å². The number of rotatable bonds is 12. The molecule has 4 aliphatic rings. The lowest BCUT2D eigenvalue weighted by Gasteiger charge is -2.30. The predicted octanol–water partition coefficient (Wildman–Crippen LogP) is 17.3. The average Bonchev–Trinajstić information content (AvgIpc) is 3.39. The normalized spacial score (nSPS) is 17.7. The van der Waals surface area contributed by atoms with Gasteiger partial charge in [0.2, 0.25) is 0 Å². The van der Waals surface area contributed by atoms with Crippen molar-refractivity contribution in [3.8, 4) is 34.5 Å². The second-order valence-electron chi connectivity index (χ2n) is 23.2. The van der Waals surface area contributed by atoms with Crippen molar-refractivity contribution in [3.63, 3.8) is 0 Å². The molecule has 6 heteroatoms. The lowest BCUT2D eigenvalue weighted by Crippen LogP contribution is -2.13. The van der Waals surface area contributed by atoms with Crippen molar-refractivity contribution < 1.29 is 30.6 Å². The first-order chi connectivity index (χ1) is 35.3. The summed E-state index contributed by atoms with van der Waals surface area (Å²) in [5, 5.41) is 70.6. The van der Waals surface area contributed by atoms with Gasteiger partial charge in [-0.1, -0.05) is 126 Å². The van der Waals surface area contributed by atoms with Crippen LogP contribution in [0.4, 0.5) is 0 Å². The van der Waals surface area contributed by atoms with Crippen LogP contribution in [0.15, 0.2) is 84.9 Å². The highest BCUT2D eigenvalue weighted by atomic mass is 16.3. The molecule has 0 atom stereocenters. The van der Waals surface area contributed by atoms with Gasteiger partial charge in [0.15, 0.2) is 0 Å². The van der Waals surface area contributed by atoms with Gasteiger partial charge in [-0.05, 0) is 223 Å². The molecular weight excluding hydrogens is 901 g/mol. The smallest absolute Gasteiger partial charge is 0.119 e. The van der Waals surface area contributed by atoms with E-state index in [0.717, 1.165) is 192 Å². The first kappa shape index (κ1) is 50.6. The summed E-state index contributed by atoms with van der Waals surface area (Å²) in [5.41, 5.74) is 15.6. The summed E-state index contributed by atoms with van der Waals surface area (Å²) in [6.45, 7) is 8.28. The molecular formula is C67H80O6. The number of aromatic hydroxyl groups is 6. The molecule has 6 nitrogen and oxygen atoms in total. The topological polar surface area (TPSA) is 121 Å². The standard InChI is InChI=1S/C67H80O6/c1-40-29-62(70)54(46-17-9-5-10-18-46)36-50(40)66(51-37-55(63(71)30-41(51)2)47-19-11-6-12-20-47)58-34-44(25-27-60(58)68)33-45-26-28-61(69)59(35-45)67(52-38-56(64(72)31-42(52)3)48-21-13-7-14-22-48)53-39-57(65(73)32-43(53)4)49-23-15-8-16-24-49/h25-32,34-39,46-49,66-73H,5-24,33H2,1-4H3. The Bertz CT molecular complexity index is 2590. The molecule has 0 bridgehead atoms. The molecule has 73 heavy (non-hydrogen) atoms. The molecule has 0 radical (unpaired) electrons. The molecule has 0 heterocycles. The molecule has 4 fully saturated rings. The third-order valence-corrected chi connectivity index (χ3v) is 18.3. The van der Waals surface area contributed by atoms with Crippen molar-refractivity contribution in [2.24, 2.45) is 0 Å². The van der Waals surface area contributed by atoms with Crippen molar-refractivity contribution >= 4 is 0 Å². The van der Waals surface area contributed by atoms with E-state index in [0.29, 0.717) is 29.4 Å². The van der Waals surface area contributed by atoms with Crippen LogP contribution in [-0.2, 0) is 6.42 Å². The van der Waals surface area contributed by atoms with E-state index < -0.39 is 0 Å². The molecule has 384 valence electrons. The van der Waals surface area contributed by atoms with Gasteiger partial charge in [-0.15, -0.1) is 0 Å². The lowest BCUT2D eigenvalue weighted by molar-refractivity contribution is 0.412. The van der Waals surface area contributed by atoms with Crippen molar-refractivity contribution in [1.82, 2.24) is 0 Å². The summed E-state index contributed by atoms with van der Waals surface area (Å²) in [6, 6.07) is 28.6. The van der Waals surface area contributed by atoms with Crippen LogP contribution in [0.1, 0.15) is 253 Å².